The highest BCUT2D eigenvalue weighted by Crippen LogP contribution is 2.63. The van der Waals surface area contributed by atoms with Crippen LogP contribution in [0.2, 0.25) is 0 Å². The van der Waals surface area contributed by atoms with Crippen molar-refractivity contribution in [2.45, 2.75) is 5.41 Å². The Kier molecular flexibility index (Phi) is 6.50. The third-order valence-electron chi connectivity index (χ3n) is 11.3. The fourth-order valence-electron chi connectivity index (χ4n) is 9.04. The van der Waals surface area contributed by atoms with Crippen molar-refractivity contribution >= 4 is 10.8 Å². The van der Waals surface area contributed by atoms with Crippen LogP contribution in [0.3, 0.4) is 0 Å². The zero-order valence-corrected chi connectivity index (χ0v) is 28.9. The fraction of sp³-hybridized carbons (Fsp3) is 0.0196. The smallest absolute Gasteiger partial charge is 0.160 e. The maximum Gasteiger partial charge on any atom is 0.160 e. The minimum absolute atomic E-state index is 0.376. The van der Waals surface area contributed by atoms with Crippen molar-refractivity contribution in [3.63, 3.8) is 0 Å². The molecule has 2 aliphatic carbocycles. The number of rotatable bonds is 4. The van der Waals surface area contributed by atoms with Crippen molar-refractivity contribution in [1.29, 1.82) is 0 Å². The predicted molar refractivity (Wildman–Crippen MR) is 218 cm³/mol. The largest absolute Gasteiger partial charge is 0.228 e. The lowest BCUT2D eigenvalue weighted by atomic mass is 9.70. The molecule has 11 rings (SSSR count). The zero-order valence-electron chi connectivity index (χ0n) is 28.9. The molecule has 0 N–H and O–H groups in total. The summed E-state index contributed by atoms with van der Waals surface area (Å²) in [5.74, 6) is 0.715. The lowest BCUT2D eigenvalue weighted by Gasteiger charge is -2.30. The van der Waals surface area contributed by atoms with Gasteiger partial charge in [-0.15, -0.1) is 0 Å². The van der Waals surface area contributed by atoms with Gasteiger partial charge in [-0.2, -0.15) is 0 Å². The Labute approximate surface area is 308 Å². The molecule has 1 heterocycles. The Bertz CT molecular complexity index is 2860. The fourth-order valence-corrected chi connectivity index (χ4v) is 9.04. The summed E-state index contributed by atoms with van der Waals surface area (Å²) >= 11 is 0. The van der Waals surface area contributed by atoms with Crippen LogP contribution in [0.4, 0.5) is 0 Å². The third kappa shape index (κ3) is 4.39. The molecule has 0 amide bonds. The molecule has 9 aromatic rings. The number of hydrogen-bond acceptors (Lipinski definition) is 2. The number of aromatic nitrogens is 2. The monoisotopic (exact) mass is 672 g/mol. The van der Waals surface area contributed by atoms with Gasteiger partial charge in [-0.25, -0.2) is 9.97 Å². The maximum atomic E-state index is 5.25. The van der Waals surface area contributed by atoms with Gasteiger partial charge in [-0.05, 0) is 84.6 Å². The average Bonchev–Trinajstić information content (AvgIpc) is 3.71. The van der Waals surface area contributed by atoms with Crippen molar-refractivity contribution in [2.24, 2.45) is 0 Å². The van der Waals surface area contributed by atoms with Crippen molar-refractivity contribution in [2.75, 3.05) is 0 Å². The molecule has 0 atom stereocenters. The van der Waals surface area contributed by atoms with Crippen molar-refractivity contribution < 1.29 is 0 Å². The predicted octanol–water partition coefficient (Wildman–Crippen LogP) is 12.6. The molecule has 53 heavy (non-hydrogen) atoms. The number of hydrogen-bond donors (Lipinski definition) is 0. The van der Waals surface area contributed by atoms with E-state index in [0.29, 0.717) is 5.82 Å². The first-order valence-corrected chi connectivity index (χ1v) is 18.2. The Morgan fingerprint density at radius 1 is 0.302 bits per heavy atom. The summed E-state index contributed by atoms with van der Waals surface area (Å²) in [6.45, 7) is 0. The summed E-state index contributed by atoms with van der Waals surface area (Å²) in [4.78, 5) is 10.4. The Balaban J connectivity index is 1.11. The number of fused-ring (bicyclic) bond motifs is 11. The van der Waals surface area contributed by atoms with Gasteiger partial charge in [0.15, 0.2) is 5.82 Å². The first kappa shape index (κ1) is 29.8. The highest BCUT2D eigenvalue weighted by molar-refractivity contribution is 6.00. The number of nitrogens with zero attached hydrogens (tertiary/aromatic N) is 2. The highest BCUT2D eigenvalue weighted by Gasteiger charge is 2.51. The summed E-state index contributed by atoms with van der Waals surface area (Å²) in [5, 5.41) is 2.37. The Hall–Kier alpha value is -6.90. The summed E-state index contributed by atoms with van der Waals surface area (Å²) in [5.41, 5.74) is 17.6. The van der Waals surface area contributed by atoms with Crippen molar-refractivity contribution in [1.82, 2.24) is 9.97 Å². The van der Waals surface area contributed by atoms with Crippen LogP contribution in [0.5, 0.6) is 0 Å². The molecule has 0 aliphatic heterocycles. The molecule has 246 valence electrons. The Morgan fingerprint density at radius 3 is 1.58 bits per heavy atom. The van der Waals surface area contributed by atoms with Crippen LogP contribution >= 0.6 is 0 Å². The molecule has 1 spiro atoms. The lowest BCUT2D eigenvalue weighted by Crippen LogP contribution is -2.25. The summed E-state index contributed by atoms with van der Waals surface area (Å²) in [6.07, 6.45) is 0. The van der Waals surface area contributed by atoms with E-state index in [2.05, 4.69) is 188 Å². The van der Waals surface area contributed by atoms with Gasteiger partial charge >= 0.3 is 0 Å². The molecule has 0 radical (unpaired) electrons. The van der Waals surface area contributed by atoms with Gasteiger partial charge in [-0.1, -0.05) is 176 Å². The average molecular weight is 673 g/mol. The second kappa shape index (κ2) is 11.6. The molecular weight excluding hydrogens is 641 g/mol. The quantitative estimate of drug-likeness (QED) is 0.186. The van der Waals surface area contributed by atoms with E-state index < -0.39 is 0 Å². The molecule has 0 saturated carbocycles. The molecule has 0 unspecified atom stereocenters. The van der Waals surface area contributed by atoms with Gasteiger partial charge in [0.2, 0.25) is 0 Å². The zero-order chi connectivity index (χ0) is 34.9. The van der Waals surface area contributed by atoms with Crippen molar-refractivity contribution in [3.8, 4) is 67.3 Å². The van der Waals surface area contributed by atoms with Crippen LogP contribution in [0.15, 0.2) is 194 Å². The van der Waals surface area contributed by atoms with Crippen LogP contribution in [-0.2, 0) is 5.41 Å². The molecule has 1 aromatic heterocycles. The van der Waals surface area contributed by atoms with E-state index in [1.54, 1.807) is 0 Å². The summed E-state index contributed by atoms with van der Waals surface area (Å²) in [7, 11) is 0. The molecule has 2 nitrogen and oxygen atoms in total. The minimum Gasteiger partial charge on any atom is -0.228 e. The molecule has 0 bridgehead atoms. The van der Waals surface area contributed by atoms with Crippen LogP contribution in [0.25, 0.3) is 78.1 Å². The normalized spacial score (nSPS) is 13.1. The van der Waals surface area contributed by atoms with Gasteiger partial charge in [-0.3, -0.25) is 0 Å². The van der Waals surface area contributed by atoms with Gasteiger partial charge < -0.3 is 0 Å². The van der Waals surface area contributed by atoms with Crippen LogP contribution in [0.1, 0.15) is 22.3 Å². The minimum atomic E-state index is -0.376. The van der Waals surface area contributed by atoms with Gasteiger partial charge in [0.05, 0.1) is 16.8 Å². The van der Waals surface area contributed by atoms with E-state index in [-0.39, 0.29) is 5.41 Å². The molecule has 8 aromatic carbocycles. The maximum absolute atomic E-state index is 5.25. The van der Waals surface area contributed by atoms with Crippen LogP contribution in [-0.4, -0.2) is 9.97 Å². The van der Waals surface area contributed by atoms with E-state index in [9.17, 15) is 0 Å². The van der Waals surface area contributed by atoms with E-state index in [1.165, 1.54) is 60.8 Å². The highest BCUT2D eigenvalue weighted by atomic mass is 14.9. The summed E-state index contributed by atoms with van der Waals surface area (Å²) < 4.78 is 0. The molecule has 2 heteroatoms. The van der Waals surface area contributed by atoms with E-state index >= 15 is 0 Å². The van der Waals surface area contributed by atoms with Gasteiger partial charge in [0, 0.05) is 16.7 Å². The SMILES string of the molecule is c1ccc(-c2cc(-c3cccc(-c4cccc5c4-c4ccccc4C54c5ccccc5-c5ccccc54)c3)nc(-c3ccc4ccccc4c3)n2)cc1. The van der Waals surface area contributed by atoms with Crippen LogP contribution in [0, 0.1) is 0 Å². The second-order valence-corrected chi connectivity index (χ2v) is 14.1. The van der Waals surface area contributed by atoms with Gasteiger partial charge in [0.25, 0.3) is 0 Å². The van der Waals surface area contributed by atoms with Crippen molar-refractivity contribution in [3.05, 3.63) is 216 Å². The molecule has 0 fully saturated rings. The van der Waals surface area contributed by atoms with Gasteiger partial charge in [0.1, 0.15) is 0 Å². The standard InChI is InChI=1S/C51H32N2/c1-2-15-34(16-3-1)47-32-48(53-50(52-47)38-29-28-33-14-4-5-17-35(33)30-38)37-19-12-18-36(31-37)39-23-13-27-46-49(39)42-22-8-11-26-45(42)51(46)43-24-9-6-20-40(43)41-21-7-10-25-44(41)51/h1-32H. The first-order valence-electron chi connectivity index (χ1n) is 18.2. The molecule has 2 aliphatic rings. The van der Waals surface area contributed by atoms with E-state index in [4.69, 9.17) is 9.97 Å². The summed E-state index contributed by atoms with van der Waals surface area (Å²) in [6, 6.07) is 70.2. The third-order valence-corrected chi connectivity index (χ3v) is 11.3. The van der Waals surface area contributed by atoms with E-state index in [0.717, 1.165) is 33.6 Å². The van der Waals surface area contributed by atoms with Crippen LogP contribution < -0.4 is 0 Å². The Morgan fingerprint density at radius 2 is 0.830 bits per heavy atom. The second-order valence-electron chi connectivity index (χ2n) is 14.1. The number of benzene rings is 8. The molecular formula is C51H32N2. The topological polar surface area (TPSA) is 25.8 Å². The lowest BCUT2D eigenvalue weighted by molar-refractivity contribution is 0.794. The first-order chi connectivity index (χ1) is 26.3. The molecule has 0 saturated heterocycles. The van der Waals surface area contributed by atoms with E-state index in [1.807, 2.05) is 6.07 Å².